The normalized spacial score (nSPS) is 58.4. The highest BCUT2D eigenvalue weighted by Crippen LogP contribution is 2.71. The van der Waals surface area contributed by atoms with Gasteiger partial charge in [0.05, 0.1) is 0 Å². The molecule has 0 heterocycles. The molecule has 0 N–H and O–H groups in total. The van der Waals surface area contributed by atoms with Crippen LogP contribution in [0.25, 0.3) is 0 Å². The van der Waals surface area contributed by atoms with E-state index in [0.717, 1.165) is 47.3 Å². The van der Waals surface area contributed by atoms with Crippen molar-refractivity contribution in [2.45, 2.75) is 25.7 Å². The first-order chi connectivity index (χ1) is 9.90. The molecule has 4 atom stereocenters. The maximum Gasteiger partial charge on any atom is 0.00260 e. The molecule has 0 radical (unpaired) electrons. The van der Waals surface area contributed by atoms with Crippen LogP contribution >= 0.6 is 0 Å². The Morgan fingerprint density at radius 1 is 0.550 bits per heavy atom. The van der Waals surface area contributed by atoms with Crippen molar-refractivity contribution in [1.29, 1.82) is 0 Å². The Morgan fingerprint density at radius 2 is 0.900 bits per heavy atom. The van der Waals surface area contributed by atoms with Gasteiger partial charge in [-0.25, -0.2) is 0 Å². The van der Waals surface area contributed by atoms with E-state index in [1.54, 1.807) is 0 Å². The fourth-order valence-electron chi connectivity index (χ4n) is 7.74. The molecule has 10 rings (SSSR count). The van der Waals surface area contributed by atoms with Crippen LogP contribution in [-0.4, -0.2) is 0 Å². The van der Waals surface area contributed by atoms with Gasteiger partial charge >= 0.3 is 0 Å². The predicted molar refractivity (Wildman–Crippen MR) is 78.7 cm³/mol. The van der Waals surface area contributed by atoms with Crippen LogP contribution in [0.5, 0.6) is 0 Å². The van der Waals surface area contributed by atoms with Crippen LogP contribution in [0.3, 0.4) is 0 Å². The Hall–Kier alpha value is -1.04. The van der Waals surface area contributed by atoms with Crippen molar-refractivity contribution < 1.29 is 0 Å². The summed E-state index contributed by atoms with van der Waals surface area (Å²) in [5.74, 6) is 7.32. The van der Waals surface area contributed by atoms with Gasteiger partial charge in [0.1, 0.15) is 0 Å². The minimum Gasteiger partial charge on any atom is -0.0804 e. The van der Waals surface area contributed by atoms with Crippen molar-refractivity contribution in [3.05, 3.63) is 46.6 Å². The summed E-state index contributed by atoms with van der Waals surface area (Å²) in [4.78, 5) is 0. The lowest BCUT2D eigenvalue weighted by molar-refractivity contribution is 0.290. The van der Waals surface area contributed by atoms with E-state index in [4.69, 9.17) is 0 Å². The molecule has 4 saturated carbocycles. The first kappa shape index (κ1) is 9.82. The van der Waals surface area contributed by atoms with Gasteiger partial charge in [0.15, 0.2) is 0 Å². The summed E-state index contributed by atoms with van der Waals surface area (Å²) >= 11 is 0. The van der Waals surface area contributed by atoms with Crippen LogP contribution in [0.15, 0.2) is 46.6 Å². The van der Waals surface area contributed by atoms with E-state index in [0.29, 0.717) is 0 Å². The van der Waals surface area contributed by atoms with E-state index in [-0.39, 0.29) is 0 Å². The third-order valence-corrected chi connectivity index (χ3v) is 8.11. The SMILES string of the molecule is C1=CC2C3=C4CC5CC(=C6C7C=CC6C2C7C13)CC5C4. The van der Waals surface area contributed by atoms with E-state index < -0.39 is 0 Å². The fraction of sp³-hybridized carbons (Fsp3) is 0.600. The molecule has 10 aliphatic carbocycles. The Morgan fingerprint density at radius 3 is 1.25 bits per heavy atom. The van der Waals surface area contributed by atoms with Crippen molar-refractivity contribution >= 4 is 0 Å². The molecule has 0 amide bonds. The molecule has 4 fully saturated rings. The molecule has 0 aliphatic heterocycles. The number of rotatable bonds is 0. The first-order valence-corrected chi connectivity index (χ1v) is 8.70. The molecule has 4 unspecified atom stereocenters. The summed E-state index contributed by atoms with van der Waals surface area (Å²) in [6.07, 6.45) is 16.3. The second-order valence-corrected chi connectivity index (χ2v) is 8.48. The number of hydrogen-bond donors (Lipinski definition) is 0. The maximum atomic E-state index is 2.60. The quantitative estimate of drug-likeness (QED) is 0.570. The molecule has 100 valence electrons. The van der Waals surface area contributed by atoms with Gasteiger partial charge in [-0.05, 0) is 49.4 Å². The fourth-order valence-corrected chi connectivity index (χ4v) is 7.74. The van der Waals surface area contributed by atoms with E-state index >= 15 is 0 Å². The van der Waals surface area contributed by atoms with Gasteiger partial charge in [-0.15, -0.1) is 0 Å². The summed E-state index contributed by atoms with van der Waals surface area (Å²) in [6, 6.07) is 0. The molecule has 0 aromatic carbocycles. The minimum absolute atomic E-state index is 0.840. The molecule has 20 heavy (non-hydrogen) atoms. The van der Waals surface area contributed by atoms with Gasteiger partial charge in [-0.2, -0.15) is 0 Å². The van der Waals surface area contributed by atoms with Gasteiger partial charge in [0.2, 0.25) is 0 Å². The zero-order valence-corrected chi connectivity index (χ0v) is 11.8. The van der Waals surface area contributed by atoms with Gasteiger partial charge in [0, 0.05) is 23.7 Å². The van der Waals surface area contributed by atoms with E-state index in [1.807, 2.05) is 22.3 Å². The Kier molecular flexibility index (Phi) is 1.37. The largest absolute Gasteiger partial charge is 0.0804 e. The van der Waals surface area contributed by atoms with Crippen LogP contribution in [0, 0.1) is 47.3 Å². The molecule has 0 heteroatoms. The van der Waals surface area contributed by atoms with Crippen LogP contribution in [0.1, 0.15) is 25.7 Å². The standard InChI is InChI=1S/C20H20/c1-2-14-17-11-5-9-7-12(8-10(9)6-11)18-15-3-4-16(18)20(14)19(15)13(1)17/h1-4,9-10,13-16,19-20H,5-8H2. The molecule has 0 nitrogen and oxygen atoms in total. The average Bonchev–Trinajstić information content (AvgIpc) is 3.21. The zero-order valence-electron chi connectivity index (χ0n) is 11.8. The second-order valence-electron chi connectivity index (χ2n) is 8.48. The molecule has 0 saturated heterocycles. The summed E-state index contributed by atoms with van der Waals surface area (Å²) in [5.41, 5.74) is 7.74. The monoisotopic (exact) mass is 260 g/mol. The third-order valence-electron chi connectivity index (χ3n) is 8.11. The van der Waals surface area contributed by atoms with Gasteiger partial charge in [-0.1, -0.05) is 46.6 Å². The maximum absolute atomic E-state index is 2.60. The second kappa shape index (κ2) is 2.80. The summed E-state index contributed by atoms with van der Waals surface area (Å²) < 4.78 is 0. The van der Waals surface area contributed by atoms with Crippen molar-refractivity contribution in [1.82, 2.24) is 0 Å². The predicted octanol–water partition coefficient (Wildman–Crippen LogP) is 4.28. The lowest BCUT2D eigenvalue weighted by Crippen LogP contribution is -2.23. The lowest BCUT2D eigenvalue weighted by Gasteiger charge is -2.27. The number of allylic oxidation sites excluding steroid dienone is 8. The van der Waals surface area contributed by atoms with E-state index in [9.17, 15) is 0 Å². The third kappa shape index (κ3) is 0.812. The minimum atomic E-state index is 0.840. The zero-order chi connectivity index (χ0) is 12.6. The summed E-state index contributed by atoms with van der Waals surface area (Å²) in [5, 5.41) is 0. The van der Waals surface area contributed by atoms with Gasteiger partial charge in [0.25, 0.3) is 0 Å². The average molecular weight is 260 g/mol. The smallest absolute Gasteiger partial charge is 0.00260 e. The Bertz CT molecular complexity index is 577. The Balaban J connectivity index is 1.60. The lowest BCUT2D eigenvalue weighted by atomic mass is 9.76. The molecule has 10 aliphatic rings. The van der Waals surface area contributed by atoms with Crippen LogP contribution < -0.4 is 0 Å². The number of hydrogen-bond acceptors (Lipinski definition) is 0. The van der Waals surface area contributed by atoms with Crippen molar-refractivity contribution in [3.8, 4) is 0 Å². The van der Waals surface area contributed by atoms with Crippen LogP contribution in [-0.2, 0) is 0 Å². The molecule has 12 bridgehead atoms. The summed E-state index contributed by atoms with van der Waals surface area (Å²) in [6.45, 7) is 0. The topological polar surface area (TPSA) is 0 Å². The molecular formula is C20H20. The first-order valence-electron chi connectivity index (χ1n) is 8.70. The van der Waals surface area contributed by atoms with Crippen molar-refractivity contribution in [2.24, 2.45) is 47.3 Å². The molecular weight excluding hydrogens is 240 g/mol. The van der Waals surface area contributed by atoms with Gasteiger partial charge < -0.3 is 0 Å². The Labute approximate surface area is 120 Å². The van der Waals surface area contributed by atoms with E-state index in [1.165, 1.54) is 25.7 Å². The highest BCUT2D eigenvalue weighted by molar-refractivity contribution is 5.52. The molecule has 0 spiro atoms. The van der Waals surface area contributed by atoms with Crippen LogP contribution in [0.4, 0.5) is 0 Å². The van der Waals surface area contributed by atoms with Gasteiger partial charge in [-0.3, -0.25) is 0 Å². The highest BCUT2D eigenvalue weighted by atomic mass is 14.7. The van der Waals surface area contributed by atoms with Crippen LogP contribution in [0.2, 0.25) is 0 Å². The molecule has 0 aromatic heterocycles. The molecule has 0 aromatic rings. The highest BCUT2D eigenvalue weighted by Gasteiger charge is 2.63. The van der Waals surface area contributed by atoms with Crippen molar-refractivity contribution in [2.75, 3.05) is 0 Å². The van der Waals surface area contributed by atoms with Crippen molar-refractivity contribution in [3.63, 3.8) is 0 Å². The van der Waals surface area contributed by atoms with E-state index in [2.05, 4.69) is 24.3 Å². The summed E-state index contributed by atoms with van der Waals surface area (Å²) in [7, 11) is 0.